The number of nitrogens with zero attached hydrogens (tertiary/aromatic N) is 2. The van der Waals surface area contributed by atoms with E-state index in [4.69, 9.17) is 4.74 Å². The molecule has 3 rings (SSSR count). The number of hydrogen-bond acceptors (Lipinski definition) is 3. The summed E-state index contributed by atoms with van der Waals surface area (Å²) < 4.78 is 7.38. The Morgan fingerprint density at radius 2 is 2.29 bits per heavy atom. The summed E-state index contributed by atoms with van der Waals surface area (Å²) >= 11 is 0. The molecule has 1 aromatic heterocycles. The van der Waals surface area contributed by atoms with E-state index in [1.54, 1.807) is 0 Å². The lowest BCUT2D eigenvalue weighted by Crippen LogP contribution is -2.25. The minimum atomic E-state index is -0.0224. The first-order valence-electron chi connectivity index (χ1n) is 6.55. The predicted molar refractivity (Wildman–Crippen MR) is 62.6 cm³/mol. The van der Waals surface area contributed by atoms with Crippen molar-refractivity contribution in [2.24, 2.45) is 5.92 Å². The number of rotatable bonds is 0. The molecule has 2 heterocycles. The third-order valence-electron chi connectivity index (χ3n) is 3.74. The van der Waals surface area contributed by atoms with Crippen LogP contribution in [-0.2, 0) is 28.9 Å². The maximum absolute atomic E-state index is 11.9. The van der Waals surface area contributed by atoms with Crippen LogP contribution >= 0.6 is 0 Å². The number of carbonyl (C=O) groups is 1. The molecule has 1 aliphatic carbocycles. The average Bonchev–Trinajstić information content (AvgIpc) is 2.74. The molecule has 0 radical (unpaired) electrons. The van der Waals surface area contributed by atoms with Crippen LogP contribution in [0.5, 0.6) is 0 Å². The van der Waals surface area contributed by atoms with Crippen LogP contribution in [0.4, 0.5) is 0 Å². The molecule has 0 spiro atoms. The van der Waals surface area contributed by atoms with E-state index in [9.17, 15) is 4.79 Å². The molecule has 4 heteroatoms. The summed E-state index contributed by atoms with van der Waals surface area (Å²) in [5.41, 5.74) is 2.44. The minimum absolute atomic E-state index is 0.0224. The van der Waals surface area contributed by atoms with Crippen LogP contribution in [0.3, 0.4) is 0 Å². The van der Waals surface area contributed by atoms with E-state index in [1.165, 1.54) is 5.56 Å². The fourth-order valence-corrected chi connectivity index (χ4v) is 2.71. The topological polar surface area (TPSA) is 44.1 Å². The minimum Gasteiger partial charge on any atom is -0.465 e. The van der Waals surface area contributed by atoms with E-state index < -0.39 is 0 Å². The summed E-state index contributed by atoms with van der Waals surface area (Å²) in [6, 6.07) is 0. The quantitative estimate of drug-likeness (QED) is 0.642. The standard InChI is InChI=1S/C13H18N2O2/c16-13-10-4-5-11-9-15(14-12(11)8-10)6-2-1-3-7-17-13/h9-10H,1-8H2. The Morgan fingerprint density at radius 1 is 1.35 bits per heavy atom. The molecule has 1 aliphatic heterocycles. The van der Waals surface area contributed by atoms with Crippen LogP contribution in [0.2, 0.25) is 0 Å². The fraction of sp³-hybridized carbons (Fsp3) is 0.692. The first kappa shape index (κ1) is 10.8. The Balaban J connectivity index is 1.86. The monoisotopic (exact) mass is 234 g/mol. The highest BCUT2D eigenvalue weighted by Crippen LogP contribution is 2.26. The van der Waals surface area contributed by atoms with Crippen molar-refractivity contribution >= 4 is 5.97 Å². The highest BCUT2D eigenvalue weighted by molar-refractivity contribution is 5.73. The van der Waals surface area contributed by atoms with Gasteiger partial charge in [0.1, 0.15) is 0 Å². The van der Waals surface area contributed by atoms with Gasteiger partial charge in [0.2, 0.25) is 0 Å². The van der Waals surface area contributed by atoms with Crippen LogP contribution in [0.25, 0.3) is 0 Å². The van der Waals surface area contributed by atoms with Crippen LogP contribution in [-0.4, -0.2) is 22.4 Å². The number of cyclic esters (lactones) is 1. The fourth-order valence-electron chi connectivity index (χ4n) is 2.71. The lowest BCUT2D eigenvalue weighted by Gasteiger charge is -2.19. The van der Waals surface area contributed by atoms with Gasteiger partial charge in [-0.2, -0.15) is 5.10 Å². The lowest BCUT2D eigenvalue weighted by molar-refractivity contribution is -0.149. The van der Waals surface area contributed by atoms with Gasteiger partial charge >= 0.3 is 5.97 Å². The number of aromatic nitrogens is 2. The molecule has 1 unspecified atom stereocenters. The third kappa shape index (κ3) is 2.21. The summed E-state index contributed by atoms with van der Waals surface area (Å²) in [7, 11) is 0. The van der Waals surface area contributed by atoms with Crippen molar-refractivity contribution in [3.63, 3.8) is 0 Å². The average molecular weight is 234 g/mol. The molecular weight excluding hydrogens is 216 g/mol. The van der Waals surface area contributed by atoms with Gasteiger partial charge in [-0.1, -0.05) is 0 Å². The Bertz CT molecular complexity index is 425. The van der Waals surface area contributed by atoms with Crippen molar-refractivity contribution in [2.45, 2.75) is 45.1 Å². The van der Waals surface area contributed by atoms with Crippen molar-refractivity contribution in [3.05, 3.63) is 17.5 Å². The zero-order valence-electron chi connectivity index (χ0n) is 10.0. The molecule has 0 N–H and O–H groups in total. The van der Waals surface area contributed by atoms with Gasteiger partial charge in [0.15, 0.2) is 0 Å². The van der Waals surface area contributed by atoms with Gasteiger partial charge in [-0.3, -0.25) is 9.48 Å². The molecule has 4 nitrogen and oxygen atoms in total. The van der Waals surface area contributed by atoms with Crippen LogP contribution in [0.1, 0.15) is 36.9 Å². The Morgan fingerprint density at radius 3 is 3.24 bits per heavy atom. The zero-order chi connectivity index (χ0) is 11.7. The van der Waals surface area contributed by atoms with Crippen molar-refractivity contribution in [1.82, 2.24) is 9.78 Å². The van der Waals surface area contributed by atoms with E-state index in [1.807, 2.05) is 0 Å². The SMILES string of the molecule is O=C1OCCCCCn2cc3c(n2)CC1CC3. The molecule has 92 valence electrons. The molecule has 0 fully saturated rings. The Kier molecular flexibility index (Phi) is 2.87. The number of esters is 1. The molecule has 0 saturated heterocycles. The normalized spacial score (nSPS) is 24.9. The van der Waals surface area contributed by atoms with Crippen LogP contribution in [0.15, 0.2) is 6.20 Å². The molecule has 17 heavy (non-hydrogen) atoms. The largest absolute Gasteiger partial charge is 0.465 e. The van der Waals surface area contributed by atoms with E-state index in [-0.39, 0.29) is 11.9 Å². The van der Waals surface area contributed by atoms with Gasteiger partial charge < -0.3 is 4.74 Å². The number of fused-ring (bicyclic) bond motifs is 2. The molecule has 1 aromatic rings. The summed E-state index contributed by atoms with van der Waals surface area (Å²) in [5.74, 6) is 0.0102. The molecule has 3 bridgehead atoms. The summed E-state index contributed by atoms with van der Waals surface area (Å²) in [5, 5.41) is 4.59. The molecule has 2 aliphatic rings. The number of hydrogen-bond donors (Lipinski definition) is 0. The Hall–Kier alpha value is -1.32. The van der Waals surface area contributed by atoms with Gasteiger partial charge in [0.05, 0.1) is 18.2 Å². The molecule has 0 saturated carbocycles. The van der Waals surface area contributed by atoms with Crippen molar-refractivity contribution in [1.29, 1.82) is 0 Å². The smallest absolute Gasteiger partial charge is 0.309 e. The number of aryl methyl sites for hydroxylation is 2. The van der Waals surface area contributed by atoms with Crippen LogP contribution in [0, 0.1) is 5.92 Å². The zero-order valence-corrected chi connectivity index (χ0v) is 10.0. The third-order valence-corrected chi connectivity index (χ3v) is 3.74. The maximum Gasteiger partial charge on any atom is 0.309 e. The van der Waals surface area contributed by atoms with Gasteiger partial charge in [0.25, 0.3) is 0 Å². The lowest BCUT2D eigenvalue weighted by atomic mass is 9.88. The molecular formula is C13H18N2O2. The van der Waals surface area contributed by atoms with E-state index in [0.29, 0.717) is 6.61 Å². The highest BCUT2D eigenvalue weighted by atomic mass is 16.5. The van der Waals surface area contributed by atoms with E-state index in [0.717, 1.165) is 50.8 Å². The van der Waals surface area contributed by atoms with Gasteiger partial charge in [-0.25, -0.2) is 0 Å². The van der Waals surface area contributed by atoms with Gasteiger partial charge in [-0.05, 0) is 37.7 Å². The van der Waals surface area contributed by atoms with Gasteiger partial charge in [-0.15, -0.1) is 0 Å². The number of ether oxygens (including phenoxy) is 1. The predicted octanol–water partition coefficient (Wildman–Crippen LogP) is 1.72. The second kappa shape index (κ2) is 4.51. The van der Waals surface area contributed by atoms with Crippen LogP contribution < -0.4 is 0 Å². The first-order chi connectivity index (χ1) is 8.33. The van der Waals surface area contributed by atoms with E-state index in [2.05, 4.69) is 16.0 Å². The first-order valence-corrected chi connectivity index (χ1v) is 6.55. The second-order valence-electron chi connectivity index (χ2n) is 5.03. The Labute approximate surface area is 101 Å². The van der Waals surface area contributed by atoms with Crippen molar-refractivity contribution in [2.75, 3.05) is 6.61 Å². The van der Waals surface area contributed by atoms with Crippen molar-refractivity contribution < 1.29 is 9.53 Å². The number of carbonyl (C=O) groups excluding carboxylic acids is 1. The molecule has 0 aromatic carbocycles. The van der Waals surface area contributed by atoms with Gasteiger partial charge in [0, 0.05) is 19.2 Å². The second-order valence-corrected chi connectivity index (χ2v) is 5.03. The summed E-state index contributed by atoms with van der Waals surface area (Å²) in [6.45, 7) is 1.58. The van der Waals surface area contributed by atoms with E-state index >= 15 is 0 Å². The maximum atomic E-state index is 11.9. The summed E-state index contributed by atoms with van der Waals surface area (Å²) in [4.78, 5) is 11.9. The molecule has 1 atom stereocenters. The van der Waals surface area contributed by atoms with Crippen molar-refractivity contribution in [3.8, 4) is 0 Å². The molecule has 0 amide bonds. The summed E-state index contributed by atoms with van der Waals surface area (Å²) in [6.07, 6.45) is 7.99. The highest BCUT2D eigenvalue weighted by Gasteiger charge is 2.28.